The summed E-state index contributed by atoms with van der Waals surface area (Å²) in [6, 6.07) is 9.09. The van der Waals surface area contributed by atoms with E-state index in [0.717, 1.165) is 5.69 Å². The van der Waals surface area contributed by atoms with Crippen LogP contribution >= 0.6 is 0 Å². The molecule has 0 saturated heterocycles. The number of benzene rings is 1. The van der Waals surface area contributed by atoms with E-state index in [2.05, 4.69) is 17.2 Å². The number of amides is 1. The van der Waals surface area contributed by atoms with E-state index in [4.69, 9.17) is 5.26 Å². The minimum absolute atomic E-state index is 0.235. The summed E-state index contributed by atoms with van der Waals surface area (Å²) in [6.45, 7) is 3.59. The molecule has 0 atom stereocenters. The van der Waals surface area contributed by atoms with Crippen LogP contribution in [-0.2, 0) is 4.79 Å². The van der Waals surface area contributed by atoms with Gasteiger partial charge in [-0.1, -0.05) is 12.6 Å². The Morgan fingerprint density at radius 3 is 2.93 bits per heavy atom. The first-order chi connectivity index (χ1) is 7.26. The summed E-state index contributed by atoms with van der Waals surface area (Å²) in [4.78, 5) is 11.0. The lowest BCUT2D eigenvalue weighted by molar-refractivity contribution is -0.111. The maximum Gasteiger partial charge on any atom is 0.247 e. The largest absolute Gasteiger partial charge is 0.372 e. The van der Waals surface area contributed by atoms with E-state index in [1.54, 1.807) is 18.2 Å². The molecule has 1 aromatic rings. The van der Waals surface area contributed by atoms with E-state index in [1.165, 1.54) is 6.08 Å². The van der Waals surface area contributed by atoms with Crippen molar-refractivity contribution in [2.45, 2.75) is 0 Å². The molecule has 0 fully saturated rings. The van der Waals surface area contributed by atoms with Crippen LogP contribution < -0.4 is 10.6 Å². The summed E-state index contributed by atoms with van der Waals surface area (Å²) in [5, 5.41) is 13.9. The second-order valence-electron chi connectivity index (χ2n) is 2.79. The van der Waals surface area contributed by atoms with Crippen molar-refractivity contribution in [3.8, 4) is 6.07 Å². The van der Waals surface area contributed by atoms with Gasteiger partial charge in [0.25, 0.3) is 0 Å². The van der Waals surface area contributed by atoms with E-state index in [0.29, 0.717) is 5.69 Å². The van der Waals surface area contributed by atoms with Crippen LogP contribution in [-0.4, -0.2) is 12.5 Å². The van der Waals surface area contributed by atoms with E-state index in [9.17, 15) is 4.79 Å². The number of anilines is 2. The van der Waals surface area contributed by atoms with Gasteiger partial charge in [-0.15, -0.1) is 0 Å². The molecule has 0 bridgehead atoms. The van der Waals surface area contributed by atoms with Crippen LogP contribution in [0.1, 0.15) is 0 Å². The average molecular weight is 201 g/mol. The van der Waals surface area contributed by atoms with Crippen molar-refractivity contribution >= 4 is 17.3 Å². The van der Waals surface area contributed by atoms with Crippen LogP contribution in [0.25, 0.3) is 0 Å². The number of nitrogens with zero attached hydrogens (tertiary/aromatic N) is 1. The highest BCUT2D eigenvalue weighted by Crippen LogP contribution is 2.14. The lowest BCUT2D eigenvalue weighted by atomic mass is 10.2. The fraction of sp³-hybridized carbons (Fsp3) is 0.0909. The summed E-state index contributed by atoms with van der Waals surface area (Å²) in [5.41, 5.74) is 1.46. The number of nitriles is 1. The molecule has 0 saturated carbocycles. The number of hydrogen-bond acceptors (Lipinski definition) is 3. The van der Waals surface area contributed by atoms with E-state index in [1.807, 2.05) is 12.1 Å². The van der Waals surface area contributed by atoms with Crippen molar-refractivity contribution in [1.82, 2.24) is 0 Å². The molecule has 4 heteroatoms. The van der Waals surface area contributed by atoms with Gasteiger partial charge in [0.15, 0.2) is 0 Å². The zero-order valence-corrected chi connectivity index (χ0v) is 8.16. The number of carbonyl (C=O) groups excluding carboxylic acids is 1. The predicted molar refractivity (Wildman–Crippen MR) is 59.4 cm³/mol. The lowest BCUT2D eigenvalue weighted by Crippen LogP contribution is -2.07. The SMILES string of the molecule is C=CC(=O)Nc1cccc(NCC#N)c1. The first-order valence-electron chi connectivity index (χ1n) is 4.40. The second kappa shape index (κ2) is 5.45. The number of nitrogens with one attached hydrogen (secondary N) is 2. The van der Waals surface area contributed by atoms with Gasteiger partial charge < -0.3 is 10.6 Å². The topological polar surface area (TPSA) is 64.9 Å². The summed E-state index contributed by atoms with van der Waals surface area (Å²) >= 11 is 0. The molecule has 0 aliphatic carbocycles. The Hall–Kier alpha value is -2.28. The predicted octanol–water partition coefficient (Wildman–Crippen LogP) is 1.75. The number of hydrogen-bond donors (Lipinski definition) is 2. The standard InChI is InChI=1S/C11H11N3O/c1-2-11(15)14-10-5-3-4-9(8-10)13-7-6-12/h2-5,8,13H,1,7H2,(H,14,15). The molecule has 0 aliphatic heterocycles. The quantitative estimate of drug-likeness (QED) is 0.576. The van der Waals surface area contributed by atoms with Gasteiger partial charge in [-0.05, 0) is 24.3 Å². The zero-order chi connectivity index (χ0) is 11.1. The summed E-state index contributed by atoms with van der Waals surface area (Å²) in [6.07, 6.45) is 1.20. The molecule has 76 valence electrons. The molecule has 15 heavy (non-hydrogen) atoms. The van der Waals surface area contributed by atoms with Crippen LogP contribution in [0, 0.1) is 11.3 Å². The molecule has 0 aliphatic rings. The number of carbonyl (C=O) groups is 1. The van der Waals surface area contributed by atoms with Gasteiger partial charge >= 0.3 is 0 Å². The van der Waals surface area contributed by atoms with Crippen molar-refractivity contribution < 1.29 is 4.79 Å². The fourth-order valence-electron chi connectivity index (χ4n) is 1.04. The minimum Gasteiger partial charge on any atom is -0.372 e. The van der Waals surface area contributed by atoms with Gasteiger partial charge in [-0.3, -0.25) is 4.79 Å². The van der Waals surface area contributed by atoms with Gasteiger partial charge in [0, 0.05) is 11.4 Å². The highest BCUT2D eigenvalue weighted by Gasteiger charge is 1.97. The zero-order valence-electron chi connectivity index (χ0n) is 8.16. The van der Waals surface area contributed by atoms with Gasteiger partial charge in [0.2, 0.25) is 5.91 Å². The van der Waals surface area contributed by atoms with Crippen molar-refractivity contribution in [3.63, 3.8) is 0 Å². The van der Waals surface area contributed by atoms with Crippen molar-refractivity contribution in [3.05, 3.63) is 36.9 Å². The molecule has 0 unspecified atom stereocenters. The third kappa shape index (κ3) is 3.53. The van der Waals surface area contributed by atoms with Gasteiger partial charge in [-0.25, -0.2) is 0 Å². The highest BCUT2D eigenvalue weighted by molar-refractivity contribution is 5.99. The number of rotatable bonds is 4. The normalized spacial score (nSPS) is 8.73. The molecule has 0 aromatic heterocycles. The van der Waals surface area contributed by atoms with Crippen LogP contribution in [0.4, 0.5) is 11.4 Å². The third-order valence-electron chi connectivity index (χ3n) is 1.69. The summed E-state index contributed by atoms with van der Waals surface area (Å²) in [5.74, 6) is -0.257. The summed E-state index contributed by atoms with van der Waals surface area (Å²) in [7, 11) is 0. The van der Waals surface area contributed by atoms with Gasteiger partial charge in [0.05, 0.1) is 6.07 Å². The maximum absolute atomic E-state index is 11.0. The van der Waals surface area contributed by atoms with Gasteiger partial charge in [-0.2, -0.15) is 5.26 Å². The van der Waals surface area contributed by atoms with Crippen molar-refractivity contribution in [2.24, 2.45) is 0 Å². The molecule has 4 nitrogen and oxygen atoms in total. The Morgan fingerprint density at radius 1 is 1.53 bits per heavy atom. The first-order valence-corrected chi connectivity index (χ1v) is 4.40. The molecule has 2 N–H and O–H groups in total. The first kappa shape index (κ1) is 10.8. The van der Waals surface area contributed by atoms with Crippen LogP contribution in [0.2, 0.25) is 0 Å². The molecular weight excluding hydrogens is 190 g/mol. The Labute approximate surface area is 88.2 Å². The maximum atomic E-state index is 11.0. The molecule has 0 radical (unpaired) electrons. The van der Waals surface area contributed by atoms with Crippen molar-refractivity contribution in [1.29, 1.82) is 5.26 Å². The Bertz CT molecular complexity index is 407. The average Bonchev–Trinajstić information content (AvgIpc) is 2.26. The van der Waals surface area contributed by atoms with Crippen LogP contribution in [0.15, 0.2) is 36.9 Å². The monoisotopic (exact) mass is 201 g/mol. The second-order valence-corrected chi connectivity index (χ2v) is 2.79. The fourth-order valence-corrected chi connectivity index (χ4v) is 1.04. The van der Waals surface area contributed by atoms with Gasteiger partial charge in [0.1, 0.15) is 6.54 Å². The van der Waals surface area contributed by atoms with E-state index in [-0.39, 0.29) is 12.5 Å². The van der Waals surface area contributed by atoms with Crippen molar-refractivity contribution in [2.75, 3.05) is 17.2 Å². The Morgan fingerprint density at radius 2 is 2.27 bits per heavy atom. The third-order valence-corrected chi connectivity index (χ3v) is 1.69. The molecular formula is C11H11N3O. The highest BCUT2D eigenvalue weighted by atomic mass is 16.1. The lowest BCUT2D eigenvalue weighted by Gasteiger charge is -2.05. The molecule has 1 aromatic carbocycles. The van der Waals surface area contributed by atoms with Crippen LogP contribution in [0.3, 0.4) is 0 Å². The van der Waals surface area contributed by atoms with E-state index < -0.39 is 0 Å². The van der Waals surface area contributed by atoms with E-state index >= 15 is 0 Å². The molecule has 0 spiro atoms. The molecule has 1 amide bonds. The smallest absolute Gasteiger partial charge is 0.247 e. The molecule has 1 rings (SSSR count). The van der Waals surface area contributed by atoms with Crippen LogP contribution in [0.5, 0.6) is 0 Å². The summed E-state index contributed by atoms with van der Waals surface area (Å²) < 4.78 is 0. The minimum atomic E-state index is -0.257. The Balaban J connectivity index is 2.70. The molecule has 0 heterocycles. The Kier molecular flexibility index (Phi) is 3.92.